The Kier molecular flexibility index (Phi) is 5.77. The van der Waals surface area contributed by atoms with E-state index in [9.17, 15) is 12.8 Å². The number of hydrogen-bond acceptors (Lipinski definition) is 3. The molecule has 0 saturated heterocycles. The Hall–Kier alpha value is -0.690. The molecule has 0 atom stereocenters. The fourth-order valence-electron chi connectivity index (χ4n) is 1.46. The van der Waals surface area contributed by atoms with Crippen LogP contribution in [-0.2, 0) is 16.6 Å². The average molecular weight is 338 g/mol. The Labute approximate surface area is 130 Å². The van der Waals surface area contributed by atoms with Crippen LogP contribution < -0.4 is 4.72 Å². The molecule has 0 fully saturated rings. The molecule has 0 unspecified atom stereocenters. The van der Waals surface area contributed by atoms with Gasteiger partial charge in [0.05, 0.1) is 16.5 Å². The number of rotatable bonds is 6. The van der Waals surface area contributed by atoms with Crippen LogP contribution >= 0.6 is 11.6 Å². The minimum Gasteiger partial charge on any atom is -0.392 e. The lowest BCUT2D eigenvalue weighted by Gasteiger charge is -2.29. The second kappa shape index (κ2) is 6.60. The molecule has 2 N–H and O–H groups in total. The molecule has 0 aliphatic carbocycles. The Balaban J connectivity index is 3.07. The number of nitrogens with one attached hydrogen (secondary N) is 1. The molecule has 0 aromatic heterocycles. The van der Waals surface area contributed by atoms with Gasteiger partial charge in [0.15, 0.2) is 0 Å². The number of aliphatic hydroxyl groups excluding tert-OH is 1. The summed E-state index contributed by atoms with van der Waals surface area (Å²) < 4.78 is 40.6. The van der Waals surface area contributed by atoms with Crippen molar-refractivity contribution in [3.8, 4) is 0 Å². The molecule has 1 aromatic rings. The van der Waals surface area contributed by atoms with Gasteiger partial charge in [-0.25, -0.2) is 17.5 Å². The minimum absolute atomic E-state index is 0.0418. The number of aliphatic hydroxyl groups is 1. The summed E-state index contributed by atoms with van der Waals surface area (Å²) in [6, 6.07) is 2.03. The van der Waals surface area contributed by atoms with Gasteiger partial charge in [0.2, 0.25) is 10.0 Å². The molecule has 0 radical (unpaired) electrons. The van der Waals surface area contributed by atoms with Gasteiger partial charge in [0, 0.05) is 12.1 Å². The van der Waals surface area contributed by atoms with Gasteiger partial charge in [-0.05, 0) is 23.5 Å². The molecule has 0 spiro atoms. The molecule has 1 rings (SSSR count). The maximum absolute atomic E-state index is 13.6. The van der Waals surface area contributed by atoms with Crippen molar-refractivity contribution in [2.45, 2.75) is 39.2 Å². The van der Waals surface area contributed by atoms with Crippen LogP contribution in [0.15, 0.2) is 17.0 Å². The number of hydrogen-bond donors (Lipinski definition) is 2. The van der Waals surface area contributed by atoms with Gasteiger partial charge in [0.25, 0.3) is 0 Å². The number of benzene rings is 1. The highest BCUT2D eigenvalue weighted by Gasteiger charge is 2.26. The molecule has 0 bridgehead atoms. The molecule has 0 aliphatic rings. The molecule has 120 valence electrons. The van der Waals surface area contributed by atoms with Crippen molar-refractivity contribution in [1.29, 1.82) is 0 Å². The molecular weight excluding hydrogens is 317 g/mol. The molecule has 0 amide bonds. The van der Waals surface area contributed by atoms with Gasteiger partial charge in [0.1, 0.15) is 5.82 Å². The van der Waals surface area contributed by atoms with Crippen molar-refractivity contribution >= 4 is 21.6 Å². The zero-order valence-corrected chi connectivity index (χ0v) is 14.1. The Morgan fingerprint density at radius 1 is 1.38 bits per heavy atom. The highest BCUT2D eigenvalue weighted by atomic mass is 35.5. The highest BCUT2D eigenvalue weighted by molar-refractivity contribution is 7.89. The molecule has 0 heterocycles. The third-order valence-corrected chi connectivity index (χ3v) is 5.64. The Morgan fingerprint density at radius 2 is 1.95 bits per heavy atom. The first-order valence-electron chi connectivity index (χ1n) is 6.59. The van der Waals surface area contributed by atoms with Crippen molar-refractivity contribution in [2.75, 3.05) is 6.54 Å². The highest BCUT2D eigenvalue weighted by Crippen LogP contribution is 2.27. The normalized spacial score (nSPS) is 13.0. The summed E-state index contributed by atoms with van der Waals surface area (Å²) >= 11 is 5.66. The monoisotopic (exact) mass is 337 g/mol. The summed E-state index contributed by atoms with van der Waals surface area (Å²) in [7, 11) is -3.86. The van der Waals surface area contributed by atoms with E-state index >= 15 is 0 Å². The SMILES string of the molecule is CC(C)C(C)(C)CNS(=O)(=O)c1cc(F)c(Cl)c(CO)c1. The van der Waals surface area contributed by atoms with Crippen LogP contribution in [0.25, 0.3) is 0 Å². The predicted molar refractivity (Wildman–Crippen MR) is 81.1 cm³/mol. The van der Waals surface area contributed by atoms with E-state index in [2.05, 4.69) is 4.72 Å². The molecule has 4 nitrogen and oxygen atoms in total. The van der Waals surface area contributed by atoms with E-state index < -0.39 is 22.4 Å². The second-order valence-corrected chi connectivity index (χ2v) is 8.15. The standard InChI is InChI=1S/C14H21ClFNO3S/c1-9(2)14(3,4)8-17-21(19,20)11-5-10(7-18)13(15)12(16)6-11/h5-6,9,17-18H,7-8H2,1-4H3. The third kappa shape index (κ3) is 4.39. The van der Waals surface area contributed by atoms with Crippen molar-refractivity contribution in [3.05, 3.63) is 28.5 Å². The lowest BCUT2D eigenvalue weighted by molar-refractivity contribution is 0.252. The van der Waals surface area contributed by atoms with Crippen LogP contribution in [0.4, 0.5) is 4.39 Å². The largest absolute Gasteiger partial charge is 0.392 e. The first kappa shape index (κ1) is 18.4. The predicted octanol–water partition coefficient (Wildman–Crippen LogP) is 2.93. The van der Waals surface area contributed by atoms with Gasteiger partial charge >= 0.3 is 0 Å². The van der Waals surface area contributed by atoms with Gasteiger partial charge in [-0.2, -0.15) is 0 Å². The third-order valence-electron chi connectivity index (χ3n) is 3.84. The smallest absolute Gasteiger partial charge is 0.240 e. The van der Waals surface area contributed by atoms with E-state index in [1.165, 1.54) is 6.07 Å². The van der Waals surface area contributed by atoms with E-state index in [4.69, 9.17) is 16.7 Å². The molecular formula is C14H21ClFNO3S. The van der Waals surface area contributed by atoms with Crippen LogP contribution in [0.2, 0.25) is 5.02 Å². The van der Waals surface area contributed by atoms with E-state index in [0.717, 1.165) is 6.07 Å². The van der Waals surface area contributed by atoms with Gasteiger partial charge in [-0.3, -0.25) is 0 Å². The van der Waals surface area contributed by atoms with Crippen molar-refractivity contribution in [3.63, 3.8) is 0 Å². The molecule has 21 heavy (non-hydrogen) atoms. The fourth-order valence-corrected chi connectivity index (χ4v) is 2.91. The lowest BCUT2D eigenvalue weighted by atomic mass is 9.81. The quantitative estimate of drug-likeness (QED) is 0.838. The molecule has 7 heteroatoms. The van der Waals surface area contributed by atoms with E-state index in [1.807, 2.05) is 27.7 Å². The number of halogens is 2. The topological polar surface area (TPSA) is 66.4 Å². The minimum atomic E-state index is -3.86. The average Bonchev–Trinajstić information content (AvgIpc) is 2.39. The van der Waals surface area contributed by atoms with Crippen LogP contribution in [-0.4, -0.2) is 20.1 Å². The van der Waals surface area contributed by atoms with Crippen molar-refractivity contribution < 1.29 is 17.9 Å². The van der Waals surface area contributed by atoms with Crippen LogP contribution in [0.1, 0.15) is 33.3 Å². The maximum atomic E-state index is 13.6. The fraction of sp³-hybridized carbons (Fsp3) is 0.571. The van der Waals surface area contributed by atoms with Gasteiger partial charge in [-0.1, -0.05) is 39.3 Å². The van der Waals surface area contributed by atoms with Crippen LogP contribution in [0.3, 0.4) is 0 Å². The van der Waals surface area contributed by atoms with Crippen molar-refractivity contribution in [1.82, 2.24) is 4.72 Å². The van der Waals surface area contributed by atoms with Gasteiger partial charge in [-0.15, -0.1) is 0 Å². The zero-order valence-electron chi connectivity index (χ0n) is 12.6. The van der Waals surface area contributed by atoms with Crippen LogP contribution in [0, 0.1) is 17.2 Å². The second-order valence-electron chi connectivity index (χ2n) is 6.00. The number of sulfonamides is 1. The van der Waals surface area contributed by atoms with E-state index in [0.29, 0.717) is 0 Å². The van der Waals surface area contributed by atoms with Gasteiger partial charge < -0.3 is 5.11 Å². The van der Waals surface area contributed by atoms with E-state index in [1.54, 1.807) is 0 Å². The van der Waals surface area contributed by atoms with E-state index in [-0.39, 0.29) is 33.4 Å². The first-order chi connectivity index (χ1) is 9.51. The summed E-state index contributed by atoms with van der Waals surface area (Å²) in [6.45, 7) is 7.59. The summed E-state index contributed by atoms with van der Waals surface area (Å²) in [5, 5.41) is 8.83. The Morgan fingerprint density at radius 3 is 2.43 bits per heavy atom. The van der Waals surface area contributed by atoms with Crippen LogP contribution in [0.5, 0.6) is 0 Å². The first-order valence-corrected chi connectivity index (χ1v) is 8.46. The molecule has 1 aromatic carbocycles. The van der Waals surface area contributed by atoms with Crippen molar-refractivity contribution in [2.24, 2.45) is 11.3 Å². The maximum Gasteiger partial charge on any atom is 0.240 e. The zero-order chi connectivity index (χ0) is 16.4. The summed E-state index contributed by atoms with van der Waals surface area (Å²) in [6.07, 6.45) is 0. The molecule has 0 saturated carbocycles. The summed E-state index contributed by atoms with van der Waals surface area (Å²) in [5.41, 5.74) is -0.196. The summed E-state index contributed by atoms with van der Waals surface area (Å²) in [4.78, 5) is -0.243. The summed E-state index contributed by atoms with van der Waals surface area (Å²) in [5.74, 6) is -0.595. The Bertz CT molecular complexity index is 615. The lowest BCUT2D eigenvalue weighted by Crippen LogP contribution is -2.37. The molecule has 0 aliphatic heterocycles.